The van der Waals surface area contributed by atoms with Crippen LogP contribution in [0.2, 0.25) is 5.02 Å². The summed E-state index contributed by atoms with van der Waals surface area (Å²) in [7, 11) is -3.78. The molecular formula is C25H34ClN3O4S. The number of carbonyl (C=O) groups excluding carboxylic acids is 2. The highest BCUT2D eigenvalue weighted by Crippen LogP contribution is 2.25. The Morgan fingerprint density at radius 1 is 1.03 bits per heavy atom. The second-order valence-electron chi connectivity index (χ2n) is 9.28. The fourth-order valence-corrected chi connectivity index (χ4v) is 4.59. The average Bonchev–Trinajstić information content (AvgIpc) is 2.74. The van der Waals surface area contributed by atoms with E-state index in [0.29, 0.717) is 22.7 Å². The number of nitrogens with one attached hydrogen (secondary N) is 1. The van der Waals surface area contributed by atoms with E-state index in [1.54, 1.807) is 43.3 Å². The SMILES string of the molecule is CCc1ccccc1N(CC(=O)N(Cc1ccccc1Cl)[C@H](C)C(=O)NC(C)(C)C)S(C)(=O)=O. The maximum Gasteiger partial charge on any atom is 0.244 e. The topological polar surface area (TPSA) is 86.8 Å². The van der Waals surface area contributed by atoms with Gasteiger partial charge in [0.2, 0.25) is 21.8 Å². The van der Waals surface area contributed by atoms with Crippen LogP contribution in [-0.4, -0.2) is 49.5 Å². The number of carbonyl (C=O) groups is 2. The normalized spacial score (nSPS) is 12.7. The maximum absolute atomic E-state index is 13.6. The smallest absolute Gasteiger partial charge is 0.244 e. The van der Waals surface area contributed by atoms with Gasteiger partial charge in [0, 0.05) is 17.1 Å². The first kappa shape index (κ1) is 27.7. The van der Waals surface area contributed by atoms with Gasteiger partial charge in [0.15, 0.2) is 0 Å². The van der Waals surface area contributed by atoms with E-state index in [2.05, 4.69) is 5.32 Å². The van der Waals surface area contributed by atoms with Gasteiger partial charge in [0.1, 0.15) is 12.6 Å². The first-order chi connectivity index (χ1) is 15.7. The molecule has 1 atom stereocenters. The minimum atomic E-state index is -3.78. The predicted octanol–water partition coefficient (Wildman–Crippen LogP) is 4.00. The van der Waals surface area contributed by atoms with Crippen LogP contribution >= 0.6 is 11.6 Å². The highest BCUT2D eigenvalue weighted by molar-refractivity contribution is 7.92. The van der Waals surface area contributed by atoms with Crippen molar-refractivity contribution in [1.82, 2.24) is 10.2 Å². The molecule has 0 aliphatic carbocycles. The Kier molecular flexibility index (Phi) is 9.14. The van der Waals surface area contributed by atoms with Gasteiger partial charge >= 0.3 is 0 Å². The van der Waals surface area contributed by atoms with Crippen LogP contribution in [0.4, 0.5) is 5.69 Å². The van der Waals surface area contributed by atoms with Crippen LogP contribution in [0.1, 0.15) is 45.7 Å². The number of nitrogens with zero attached hydrogens (tertiary/aromatic N) is 2. The first-order valence-corrected chi connectivity index (χ1v) is 13.4. The molecule has 0 unspecified atom stereocenters. The molecule has 2 aromatic rings. The van der Waals surface area contributed by atoms with Gasteiger partial charge in [-0.3, -0.25) is 13.9 Å². The summed E-state index contributed by atoms with van der Waals surface area (Å²) in [6.07, 6.45) is 1.67. The van der Waals surface area contributed by atoms with Crippen molar-refractivity contribution in [2.24, 2.45) is 0 Å². The molecule has 1 N–H and O–H groups in total. The first-order valence-electron chi connectivity index (χ1n) is 11.1. The zero-order chi connectivity index (χ0) is 25.7. The third kappa shape index (κ3) is 7.46. The van der Waals surface area contributed by atoms with Gasteiger partial charge in [0.25, 0.3) is 0 Å². The fourth-order valence-electron chi connectivity index (χ4n) is 3.51. The second-order valence-corrected chi connectivity index (χ2v) is 11.6. The maximum atomic E-state index is 13.6. The van der Waals surface area contributed by atoms with Gasteiger partial charge in [-0.2, -0.15) is 0 Å². The summed E-state index contributed by atoms with van der Waals surface area (Å²) in [4.78, 5) is 27.9. The third-order valence-electron chi connectivity index (χ3n) is 5.28. The summed E-state index contributed by atoms with van der Waals surface area (Å²) in [5.41, 5.74) is 1.42. The van der Waals surface area contributed by atoms with Gasteiger partial charge in [-0.05, 0) is 57.4 Å². The van der Waals surface area contributed by atoms with Crippen LogP contribution in [0.3, 0.4) is 0 Å². The number of sulfonamides is 1. The molecule has 2 aromatic carbocycles. The van der Waals surface area contributed by atoms with Crippen LogP contribution in [0.25, 0.3) is 0 Å². The number of hydrogen-bond acceptors (Lipinski definition) is 4. The average molecular weight is 508 g/mol. The minimum Gasteiger partial charge on any atom is -0.350 e. The van der Waals surface area contributed by atoms with Gasteiger partial charge < -0.3 is 10.2 Å². The lowest BCUT2D eigenvalue weighted by Gasteiger charge is -2.33. The summed E-state index contributed by atoms with van der Waals surface area (Å²) < 4.78 is 26.5. The number of halogens is 1. The molecule has 0 saturated heterocycles. The van der Waals surface area contributed by atoms with Gasteiger partial charge in [0.05, 0.1) is 11.9 Å². The van der Waals surface area contributed by atoms with E-state index in [4.69, 9.17) is 11.6 Å². The molecule has 0 spiro atoms. The summed E-state index contributed by atoms with van der Waals surface area (Å²) in [5, 5.41) is 3.35. The molecule has 0 aliphatic heterocycles. The lowest BCUT2D eigenvalue weighted by Crippen LogP contribution is -2.54. The molecule has 34 heavy (non-hydrogen) atoms. The van der Waals surface area contributed by atoms with Crippen LogP contribution in [-0.2, 0) is 32.6 Å². The largest absolute Gasteiger partial charge is 0.350 e. The number of amides is 2. The highest BCUT2D eigenvalue weighted by Gasteiger charge is 2.32. The van der Waals surface area contributed by atoms with Crippen LogP contribution < -0.4 is 9.62 Å². The molecule has 7 nitrogen and oxygen atoms in total. The second kappa shape index (κ2) is 11.2. The van der Waals surface area contributed by atoms with Gasteiger partial charge in [-0.1, -0.05) is 54.9 Å². The molecule has 0 radical (unpaired) electrons. The Bertz CT molecular complexity index is 1130. The molecule has 0 saturated carbocycles. The standard InChI is InChI=1S/C25H34ClN3O4S/c1-7-19-12-9-11-15-22(19)29(34(6,32)33)17-23(30)28(16-20-13-8-10-14-21(20)26)18(2)24(31)27-25(3,4)5/h8-15,18H,7,16-17H2,1-6H3,(H,27,31)/t18-/m1/s1. The predicted molar refractivity (Wildman–Crippen MR) is 137 cm³/mol. The molecule has 186 valence electrons. The number of anilines is 1. The summed E-state index contributed by atoms with van der Waals surface area (Å²) in [6, 6.07) is 13.3. The Morgan fingerprint density at radius 3 is 2.12 bits per heavy atom. The van der Waals surface area contributed by atoms with Crippen molar-refractivity contribution < 1.29 is 18.0 Å². The van der Waals surface area contributed by atoms with Crippen molar-refractivity contribution in [2.75, 3.05) is 17.1 Å². The molecule has 0 aromatic heterocycles. The summed E-state index contributed by atoms with van der Waals surface area (Å²) >= 11 is 6.33. The zero-order valence-electron chi connectivity index (χ0n) is 20.6. The van der Waals surface area contributed by atoms with Crippen molar-refractivity contribution in [1.29, 1.82) is 0 Å². The molecule has 9 heteroatoms. The van der Waals surface area contributed by atoms with Crippen molar-refractivity contribution in [3.8, 4) is 0 Å². The number of aryl methyl sites for hydroxylation is 1. The van der Waals surface area contributed by atoms with Crippen LogP contribution in [0.5, 0.6) is 0 Å². The lowest BCUT2D eigenvalue weighted by molar-refractivity contribution is -0.140. The molecule has 0 fully saturated rings. The Labute approximate surface area is 208 Å². The highest BCUT2D eigenvalue weighted by atomic mass is 35.5. The van der Waals surface area contributed by atoms with E-state index in [-0.39, 0.29) is 12.5 Å². The number of para-hydroxylation sites is 1. The summed E-state index contributed by atoms with van der Waals surface area (Å²) in [5.74, 6) is -0.847. The quantitative estimate of drug-likeness (QED) is 0.555. The Morgan fingerprint density at radius 2 is 1.59 bits per heavy atom. The van der Waals surface area contributed by atoms with Crippen molar-refractivity contribution in [2.45, 2.75) is 59.2 Å². The monoisotopic (exact) mass is 507 g/mol. The molecular weight excluding hydrogens is 474 g/mol. The van der Waals surface area contributed by atoms with Crippen molar-refractivity contribution in [3.05, 3.63) is 64.7 Å². The third-order valence-corrected chi connectivity index (χ3v) is 6.78. The molecule has 0 bridgehead atoms. The molecule has 0 aliphatic rings. The van der Waals surface area contributed by atoms with E-state index in [1.165, 1.54) is 4.90 Å². The fraction of sp³-hybridized carbons (Fsp3) is 0.440. The molecule has 2 rings (SSSR count). The van der Waals surface area contributed by atoms with Crippen molar-refractivity contribution >= 4 is 39.1 Å². The zero-order valence-corrected chi connectivity index (χ0v) is 22.2. The van der Waals surface area contributed by atoms with E-state index < -0.39 is 34.1 Å². The van der Waals surface area contributed by atoms with Gasteiger partial charge in [-0.15, -0.1) is 0 Å². The van der Waals surface area contributed by atoms with E-state index in [0.717, 1.165) is 16.1 Å². The van der Waals surface area contributed by atoms with Gasteiger partial charge in [-0.25, -0.2) is 8.42 Å². The van der Waals surface area contributed by atoms with Crippen molar-refractivity contribution in [3.63, 3.8) is 0 Å². The number of hydrogen-bond donors (Lipinski definition) is 1. The Balaban J connectivity index is 2.46. The molecule has 0 heterocycles. The van der Waals surface area contributed by atoms with E-state index in [1.807, 2.05) is 39.8 Å². The van der Waals surface area contributed by atoms with E-state index >= 15 is 0 Å². The molecule has 2 amide bonds. The van der Waals surface area contributed by atoms with E-state index in [9.17, 15) is 18.0 Å². The number of rotatable bonds is 9. The minimum absolute atomic E-state index is 0.0598. The number of benzene rings is 2. The Hall–Kier alpha value is -2.58. The van der Waals surface area contributed by atoms with Crippen LogP contribution in [0, 0.1) is 0 Å². The summed E-state index contributed by atoms with van der Waals surface area (Å²) in [6.45, 7) is 8.72. The lowest BCUT2D eigenvalue weighted by atomic mass is 10.1. The van der Waals surface area contributed by atoms with Crippen LogP contribution in [0.15, 0.2) is 48.5 Å².